The first-order valence-electron chi connectivity index (χ1n) is 9.45. The number of furan rings is 1. The van der Waals surface area contributed by atoms with Crippen LogP contribution >= 0.6 is 11.8 Å². The fourth-order valence-electron chi connectivity index (χ4n) is 3.76. The number of carbonyl (C=O) groups is 1. The third-order valence-corrected chi connectivity index (χ3v) is 6.41. The van der Waals surface area contributed by atoms with Crippen molar-refractivity contribution >= 4 is 17.7 Å². The van der Waals surface area contributed by atoms with Gasteiger partial charge >= 0.3 is 0 Å². The van der Waals surface area contributed by atoms with Crippen LogP contribution in [0.4, 0.5) is 0 Å². The average molecular weight is 388 g/mol. The zero-order valence-electron chi connectivity index (χ0n) is 15.8. The van der Waals surface area contributed by atoms with Crippen LogP contribution in [0.2, 0.25) is 0 Å². The van der Waals surface area contributed by atoms with Gasteiger partial charge in [0.1, 0.15) is 16.9 Å². The molecule has 0 bridgehead atoms. The Labute approximate surface area is 164 Å². The van der Waals surface area contributed by atoms with E-state index in [0.29, 0.717) is 12.3 Å². The quantitative estimate of drug-likeness (QED) is 0.720. The van der Waals surface area contributed by atoms with Crippen molar-refractivity contribution in [3.63, 3.8) is 0 Å². The van der Waals surface area contributed by atoms with E-state index in [1.54, 1.807) is 18.9 Å². The van der Waals surface area contributed by atoms with E-state index in [9.17, 15) is 4.79 Å². The molecule has 6 heteroatoms. The molecule has 1 amide bonds. The van der Waals surface area contributed by atoms with Crippen LogP contribution in [-0.4, -0.2) is 29.8 Å². The molecule has 4 rings (SSSR count). The summed E-state index contributed by atoms with van der Waals surface area (Å²) in [4.78, 5) is 14.3. The van der Waals surface area contributed by atoms with Crippen LogP contribution in [0.1, 0.15) is 48.1 Å². The van der Waals surface area contributed by atoms with Gasteiger partial charge in [0.15, 0.2) is 11.5 Å². The average Bonchev–Trinajstić information content (AvgIpc) is 3.39. The molecular formula is C21H25NO4S. The zero-order chi connectivity index (χ0) is 18.8. The van der Waals surface area contributed by atoms with Gasteiger partial charge in [0.2, 0.25) is 5.91 Å². The smallest absolute Gasteiger partial charge is 0.234 e. The largest absolute Gasteiger partial charge is 0.493 e. The predicted molar refractivity (Wildman–Crippen MR) is 105 cm³/mol. The molecule has 2 aromatic rings. The minimum Gasteiger partial charge on any atom is -0.493 e. The Hall–Kier alpha value is -2.08. The van der Waals surface area contributed by atoms with Gasteiger partial charge < -0.3 is 18.8 Å². The summed E-state index contributed by atoms with van der Waals surface area (Å²) in [6.45, 7) is 2.40. The molecule has 1 saturated heterocycles. The number of nitrogens with zero attached hydrogens (tertiary/aromatic N) is 1. The summed E-state index contributed by atoms with van der Waals surface area (Å²) in [5, 5.41) is -0.0419. The van der Waals surface area contributed by atoms with Crippen molar-refractivity contribution in [2.24, 2.45) is 0 Å². The summed E-state index contributed by atoms with van der Waals surface area (Å²) in [6, 6.07) is 9.87. The van der Waals surface area contributed by atoms with Crippen LogP contribution in [0.15, 0.2) is 34.7 Å². The summed E-state index contributed by atoms with van der Waals surface area (Å²) in [5.41, 5.74) is 1.06. The van der Waals surface area contributed by atoms with Crippen LogP contribution in [0.5, 0.6) is 11.5 Å². The highest BCUT2D eigenvalue weighted by molar-refractivity contribution is 8.00. The number of aryl methyl sites for hydroxylation is 1. The molecule has 2 heterocycles. The lowest BCUT2D eigenvalue weighted by molar-refractivity contribution is -0.128. The number of amides is 1. The molecule has 1 atom stereocenters. The molecule has 144 valence electrons. The normalized spacial score (nSPS) is 20.4. The molecule has 1 aliphatic carbocycles. The Morgan fingerprint density at radius 1 is 1.19 bits per heavy atom. The Balaban J connectivity index is 1.57. The Bertz CT molecular complexity index is 812. The second-order valence-electron chi connectivity index (χ2n) is 7.13. The Kier molecular flexibility index (Phi) is 5.34. The maximum absolute atomic E-state index is 12.5. The molecule has 0 spiro atoms. The third-order valence-electron chi connectivity index (χ3n) is 5.16. The molecule has 2 fully saturated rings. The minimum atomic E-state index is -0.0419. The van der Waals surface area contributed by atoms with Crippen molar-refractivity contribution in [3.05, 3.63) is 47.4 Å². The van der Waals surface area contributed by atoms with E-state index in [-0.39, 0.29) is 17.4 Å². The summed E-state index contributed by atoms with van der Waals surface area (Å²) < 4.78 is 17.4. The van der Waals surface area contributed by atoms with Gasteiger partial charge in [0.25, 0.3) is 0 Å². The van der Waals surface area contributed by atoms with Gasteiger partial charge in [-0.05, 0) is 62.4 Å². The first kappa shape index (κ1) is 18.3. The Morgan fingerprint density at radius 2 is 2.00 bits per heavy atom. The molecule has 5 nitrogen and oxygen atoms in total. The number of carbonyl (C=O) groups excluding carboxylic acids is 1. The molecule has 1 aliphatic heterocycles. The molecule has 0 radical (unpaired) electrons. The summed E-state index contributed by atoms with van der Waals surface area (Å²) in [6.07, 6.45) is 4.88. The van der Waals surface area contributed by atoms with Crippen molar-refractivity contribution in [1.82, 2.24) is 4.90 Å². The van der Waals surface area contributed by atoms with E-state index in [1.165, 1.54) is 12.8 Å². The number of benzene rings is 1. The number of hydrogen-bond acceptors (Lipinski definition) is 5. The van der Waals surface area contributed by atoms with Crippen LogP contribution < -0.4 is 9.47 Å². The fraction of sp³-hybridized carbons (Fsp3) is 0.476. The number of thioether (sulfide) groups is 1. The highest BCUT2D eigenvalue weighted by Gasteiger charge is 2.34. The van der Waals surface area contributed by atoms with E-state index in [1.807, 2.05) is 42.2 Å². The fourth-order valence-corrected chi connectivity index (χ4v) is 4.94. The number of ether oxygens (including phenoxy) is 2. The molecule has 1 aromatic carbocycles. The third kappa shape index (κ3) is 3.95. The van der Waals surface area contributed by atoms with Gasteiger partial charge in [0, 0.05) is 0 Å². The maximum atomic E-state index is 12.5. The zero-order valence-corrected chi connectivity index (χ0v) is 16.6. The SMILES string of the molecule is COc1ccc(C2SCC(=O)N2Cc2ccc(C)o2)cc1OC1CCCC1. The number of rotatable bonds is 6. The van der Waals surface area contributed by atoms with Gasteiger partial charge in [-0.2, -0.15) is 0 Å². The minimum absolute atomic E-state index is 0.0419. The lowest BCUT2D eigenvalue weighted by Crippen LogP contribution is -2.27. The van der Waals surface area contributed by atoms with E-state index in [4.69, 9.17) is 13.9 Å². The Morgan fingerprint density at radius 3 is 2.70 bits per heavy atom. The van der Waals surface area contributed by atoms with Crippen LogP contribution in [0.3, 0.4) is 0 Å². The lowest BCUT2D eigenvalue weighted by atomic mass is 10.1. The lowest BCUT2D eigenvalue weighted by Gasteiger charge is -2.24. The molecular weight excluding hydrogens is 362 g/mol. The highest BCUT2D eigenvalue weighted by Crippen LogP contribution is 2.43. The molecule has 1 saturated carbocycles. The number of methoxy groups -OCH3 is 1. The van der Waals surface area contributed by atoms with Crippen molar-refractivity contribution in [3.8, 4) is 11.5 Å². The summed E-state index contributed by atoms with van der Waals surface area (Å²) in [7, 11) is 1.66. The van der Waals surface area contributed by atoms with E-state index < -0.39 is 0 Å². The van der Waals surface area contributed by atoms with Crippen LogP contribution in [-0.2, 0) is 11.3 Å². The standard InChI is InChI=1S/C21H25NO4S/c1-14-7-9-17(25-14)12-22-20(23)13-27-21(22)15-8-10-18(24-2)19(11-15)26-16-5-3-4-6-16/h7-11,16,21H,3-6,12-13H2,1-2H3. The highest BCUT2D eigenvalue weighted by atomic mass is 32.2. The van der Waals surface area contributed by atoms with Gasteiger partial charge in [-0.15, -0.1) is 11.8 Å². The van der Waals surface area contributed by atoms with Crippen molar-refractivity contribution in [2.75, 3.05) is 12.9 Å². The maximum Gasteiger partial charge on any atom is 0.234 e. The first-order chi connectivity index (χ1) is 13.1. The van der Waals surface area contributed by atoms with Gasteiger partial charge in [-0.3, -0.25) is 4.79 Å². The van der Waals surface area contributed by atoms with Crippen molar-refractivity contribution in [1.29, 1.82) is 0 Å². The van der Waals surface area contributed by atoms with Crippen molar-refractivity contribution in [2.45, 2.75) is 50.6 Å². The topological polar surface area (TPSA) is 51.9 Å². The second-order valence-corrected chi connectivity index (χ2v) is 8.20. The second kappa shape index (κ2) is 7.89. The van der Waals surface area contributed by atoms with Gasteiger partial charge in [0.05, 0.1) is 25.5 Å². The van der Waals surface area contributed by atoms with Crippen LogP contribution in [0.25, 0.3) is 0 Å². The van der Waals surface area contributed by atoms with Gasteiger partial charge in [-0.25, -0.2) is 0 Å². The molecule has 27 heavy (non-hydrogen) atoms. The van der Waals surface area contributed by atoms with E-state index >= 15 is 0 Å². The van der Waals surface area contributed by atoms with E-state index in [2.05, 4.69) is 0 Å². The summed E-state index contributed by atoms with van der Waals surface area (Å²) in [5.74, 6) is 3.80. The number of hydrogen-bond donors (Lipinski definition) is 0. The molecule has 1 unspecified atom stereocenters. The van der Waals surface area contributed by atoms with Gasteiger partial charge in [-0.1, -0.05) is 6.07 Å². The molecule has 2 aliphatic rings. The molecule has 0 N–H and O–H groups in total. The van der Waals surface area contributed by atoms with E-state index in [0.717, 1.165) is 41.4 Å². The predicted octanol–water partition coefficient (Wildman–Crippen LogP) is 4.69. The first-order valence-corrected chi connectivity index (χ1v) is 10.5. The monoisotopic (exact) mass is 387 g/mol. The summed E-state index contributed by atoms with van der Waals surface area (Å²) >= 11 is 1.64. The van der Waals surface area contributed by atoms with Crippen molar-refractivity contribution < 1.29 is 18.7 Å². The molecule has 1 aromatic heterocycles. The van der Waals surface area contributed by atoms with Crippen LogP contribution in [0, 0.1) is 6.92 Å².